The summed E-state index contributed by atoms with van der Waals surface area (Å²) in [6.07, 6.45) is 1.11. The second-order valence-electron chi connectivity index (χ2n) is 5.13. The molecule has 1 aromatic rings. The van der Waals surface area contributed by atoms with Crippen LogP contribution in [-0.2, 0) is 16.0 Å². The highest BCUT2D eigenvalue weighted by molar-refractivity contribution is 5.83. The molecule has 0 spiro atoms. The standard InChI is InChI=1S/C16H23FN2O3/c1-4-11(2)14(15(20)22-3)19-16(21)18-10-9-12-7-5-6-8-13(12)17/h5-8,11,14H,4,9-10H2,1-3H3,(H2,18,19,21). The van der Waals surface area contributed by atoms with E-state index in [0.29, 0.717) is 12.0 Å². The number of ether oxygens (including phenoxy) is 1. The number of carbonyl (C=O) groups excluding carboxylic acids is 2. The van der Waals surface area contributed by atoms with Gasteiger partial charge in [-0.3, -0.25) is 0 Å². The summed E-state index contributed by atoms with van der Waals surface area (Å²) in [4.78, 5) is 23.5. The van der Waals surface area contributed by atoms with Crippen LogP contribution in [0.5, 0.6) is 0 Å². The topological polar surface area (TPSA) is 67.4 Å². The molecule has 0 saturated carbocycles. The average Bonchev–Trinajstić information content (AvgIpc) is 2.53. The molecule has 2 atom stereocenters. The third-order valence-electron chi connectivity index (χ3n) is 3.59. The summed E-state index contributed by atoms with van der Waals surface area (Å²) in [7, 11) is 1.29. The van der Waals surface area contributed by atoms with Crippen LogP contribution >= 0.6 is 0 Å². The van der Waals surface area contributed by atoms with Crippen LogP contribution in [0.2, 0.25) is 0 Å². The first kappa shape index (κ1) is 17.9. The molecule has 0 aliphatic rings. The molecule has 0 aliphatic heterocycles. The molecule has 0 radical (unpaired) electrons. The van der Waals surface area contributed by atoms with E-state index in [4.69, 9.17) is 4.74 Å². The van der Waals surface area contributed by atoms with Crippen molar-refractivity contribution >= 4 is 12.0 Å². The predicted octanol–water partition coefficient (Wildman–Crippen LogP) is 2.26. The zero-order valence-electron chi connectivity index (χ0n) is 13.2. The van der Waals surface area contributed by atoms with Crippen molar-refractivity contribution in [2.75, 3.05) is 13.7 Å². The van der Waals surface area contributed by atoms with Crippen LogP contribution < -0.4 is 10.6 Å². The van der Waals surface area contributed by atoms with Crippen molar-refractivity contribution in [1.82, 2.24) is 10.6 Å². The third kappa shape index (κ3) is 5.35. The van der Waals surface area contributed by atoms with Crippen LogP contribution in [0.15, 0.2) is 24.3 Å². The van der Waals surface area contributed by atoms with Crippen molar-refractivity contribution < 1.29 is 18.7 Å². The van der Waals surface area contributed by atoms with E-state index in [1.165, 1.54) is 13.2 Å². The van der Waals surface area contributed by atoms with E-state index in [1.54, 1.807) is 18.2 Å². The summed E-state index contributed by atoms with van der Waals surface area (Å²) >= 11 is 0. The van der Waals surface area contributed by atoms with E-state index in [0.717, 1.165) is 6.42 Å². The van der Waals surface area contributed by atoms with Crippen molar-refractivity contribution in [2.24, 2.45) is 5.92 Å². The molecule has 2 unspecified atom stereocenters. The molecular weight excluding hydrogens is 287 g/mol. The van der Waals surface area contributed by atoms with E-state index >= 15 is 0 Å². The maximum atomic E-state index is 13.4. The summed E-state index contributed by atoms with van der Waals surface area (Å²) in [6, 6.07) is 5.26. The molecule has 2 amide bonds. The average molecular weight is 310 g/mol. The minimum Gasteiger partial charge on any atom is -0.467 e. The highest BCUT2D eigenvalue weighted by Gasteiger charge is 2.26. The zero-order valence-corrected chi connectivity index (χ0v) is 13.2. The molecule has 122 valence electrons. The SMILES string of the molecule is CCC(C)C(NC(=O)NCCc1ccccc1F)C(=O)OC. The number of methoxy groups -OCH3 is 1. The van der Waals surface area contributed by atoms with Gasteiger partial charge < -0.3 is 15.4 Å². The molecule has 0 saturated heterocycles. The first-order valence-corrected chi connectivity index (χ1v) is 7.35. The summed E-state index contributed by atoms with van der Waals surface area (Å²) < 4.78 is 18.1. The monoisotopic (exact) mass is 310 g/mol. The van der Waals surface area contributed by atoms with Crippen molar-refractivity contribution in [3.05, 3.63) is 35.6 Å². The number of rotatable bonds is 7. The van der Waals surface area contributed by atoms with Gasteiger partial charge in [-0.15, -0.1) is 0 Å². The minimum absolute atomic E-state index is 0.0373. The number of nitrogens with one attached hydrogen (secondary N) is 2. The second kappa shape index (κ2) is 9.02. The lowest BCUT2D eigenvalue weighted by Gasteiger charge is -2.22. The molecule has 0 fully saturated rings. The molecular formula is C16H23FN2O3. The fraction of sp³-hybridized carbons (Fsp3) is 0.500. The van der Waals surface area contributed by atoms with E-state index in [1.807, 2.05) is 13.8 Å². The third-order valence-corrected chi connectivity index (χ3v) is 3.59. The number of esters is 1. The minimum atomic E-state index is -0.691. The molecule has 1 aromatic carbocycles. The zero-order chi connectivity index (χ0) is 16.5. The number of halogens is 1. The van der Waals surface area contributed by atoms with Gasteiger partial charge in [-0.2, -0.15) is 0 Å². The molecule has 5 nitrogen and oxygen atoms in total. The Kier molecular flexibility index (Phi) is 7.36. The van der Waals surface area contributed by atoms with Gasteiger partial charge in [-0.05, 0) is 24.0 Å². The molecule has 1 rings (SSSR count). The molecule has 6 heteroatoms. The van der Waals surface area contributed by atoms with Crippen LogP contribution in [0, 0.1) is 11.7 Å². The van der Waals surface area contributed by atoms with Crippen molar-refractivity contribution in [3.63, 3.8) is 0 Å². The van der Waals surface area contributed by atoms with E-state index in [-0.39, 0.29) is 18.3 Å². The maximum Gasteiger partial charge on any atom is 0.328 e. The highest BCUT2D eigenvalue weighted by Crippen LogP contribution is 2.09. The van der Waals surface area contributed by atoms with Crippen molar-refractivity contribution in [2.45, 2.75) is 32.7 Å². The molecule has 0 bridgehead atoms. The van der Waals surface area contributed by atoms with Gasteiger partial charge in [0, 0.05) is 6.54 Å². The first-order chi connectivity index (χ1) is 10.5. The second-order valence-corrected chi connectivity index (χ2v) is 5.13. The number of urea groups is 1. The van der Waals surface area contributed by atoms with Crippen LogP contribution in [-0.4, -0.2) is 31.7 Å². The molecule has 0 aromatic heterocycles. The van der Waals surface area contributed by atoms with Gasteiger partial charge in [0.15, 0.2) is 0 Å². The van der Waals surface area contributed by atoms with Gasteiger partial charge in [-0.25, -0.2) is 14.0 Å². The van der Waals surface area contributed by atoms with Gasteiger partial charge >= 0.3 is 12.0 Å². The lowest BCUT2D eigenvalue weighted by molar-refractivity contribution is -0.144. The van der Waals surface area contributed by atoms with Crippen LogP contribution in [0.25, 0.3) is 0 Å². The fourth-order valence-corrected chi connectivity index (χ4v) is 2.00. The van der Waals surface area contributed by atoms with Crippen LogP contribution in [0.1, 0.15) is 25.8 Å². The van der Waals surface area contributed by atoms with Gasteiger partial charge in [-0.1, -0.05) is 38.5 Å². The summed E-state index contributed by atoms with van der Waals surface area (Å²) in [5.41, 5.74) is 0.536. The number of amides is 2. The molecule has 0 aliphatic carbocycles. The van der Waals surface area contributed by atoms with Crippen molar-refractivity contribution in [3.8, 4) is 0 Å². The lowest BCUT2D eigenvalue weighted by Crippen LogP contribution is -2.49. The van der Waals surface area contributed by atoms with Crippen molar-refractivity contribution in [1.29, 1.82) is 0 Å². The fourth-order valence-electron chi connectivity index (χ4n) is 2.00. The largest absolute Gasteiger partial charge is 0.467 e. The van der Waals surface area contributed by atoms with Gasteiger partial charge in [0.2, 0.25) is 0 Å². The van der Waals surface area contributed by atoms with E-state index < -0.39 is 18.0 Å². The Bertz CT molecular complexity index is 508. The first-order valence-electron chi connectivity index (χ1n) is 7.35. The molecule has 22 heavy (non-hydrogen) atoms. The summed E-state index contributed by atoms with van der Waals surface area (Å²) in [5, 5.41) is 5.22. The quantitative estimate of drug-likeness (QED) is 0.759. The maximum absolute atomic E-state index is 13.4. The van der Waals surface area contributed by atoms with E-state index in [9.17, 15) is 14.0 Å². The predicted molar refractivity (Wildman–Crippen MR) is 81.9 cm³/mol. The Morgan fingerprint density at radius 2 is 2.00 bits per heavy atom. The van der Waals surface area contributed by atoms with Crippen LogP contribution in [0.4, 0.5) is 9.18 Å². The Morgan fingerprint density at radius 1 is 1.32 bits per heavy atom. The summed E-state index contributed by atoms with van der Waals surface area (Å²) in [5.74, 6) is -0.805. The molecule has 2 N–H and O–H groups in total. The Labute approximate surface area is 130 Å². The molecule has 0 heterocycles. The lowest BCUT2D eigenvalue weighted by atomic mass is 9.99. The van der Waals surface area contributed by atoms with Gasteiger partial charge in [0.25, 0.3) is 0 Å². The Morgan fingerprint density at radius 3 is 2.59 bits per heavy atom. The Balaban J connectivity index is 2.47. The number of carbonyl (C=O) groups is 2. The normalized spacial score (nSPS) is 13.1. The Hall–Kier alpha value is -2.11. The van der Waals surface area contributed by atoms with Gasteiger partial charge in [0.05, 0.1) is 7.11 Å². The van der Waals surface area contributed by atoms with Gasteiger partial charge in [0.1, 0.15) is 11.9 Å². The van der Waals surface area contributed by atoms with E-state index in [2.05, 4.69) is 10.6 Å². The smallest absolute Gasteiger partial charge is 0.328 e. The highest BCUT2D eigenvalue weighted by atomic mass is 19.1. The number of hydrogen-bond acceptors (Lipinski definition) is 3. The summed E-state index contributed by atoms with van der Waals surface area (Å²) in [6.45, 7) is 4.07. The number of benzene rings is 1. The number of hydrogen-bond donors (Lipinski definition) is 2. The van der Waals surface area contributed by atoms with Crippen LogP contribution in [0.3, 0.4) is 0 Å².